The molecule has 5 nitrogen and oxygen atoms in total. The summed E-state index contributed by atoms with van der Waals surface area (Å²) in [5, 5.41) is 3.99. The number of rotatable bonds is 2. The van der Waals surface area contributed by atoms with Crippen LogP contribution in [-0.4, -0.2) is 19.6 Å². The molecule has 0 bridgehead atoms. The van der Waals surface area contributed by atoms with Gasteiger partial charge in [-0.25, -0.2) is 4.98 Å². The zero-order chi connectivity index (χ0) is 17.6. The summed E-state index contributed by atoms with van der Waals surface area (Å²) < 4.78 is 39.5. The molecular formula is C15H13ClF3N5. The van der Waals surface area contributed by atoms with Crippen LogP contribution in [0.5, 0.6) is 0 Å². The van der Waals surface area contributed by atoms with E-state index in [1.54, 1.807) is 24.3 Å². The summed E-state index contributed by atoms with van der Waals surface area (Å²) in [5.41, 5.74) is 7.86. The smallest absolute Gasteiger partial charge is 0.383 e. The van der Waals surface area contributed by atoms with Gasteiger partial charge >= 0.3 is 6.18 Å². The van der Waals surface area contributed by atoms with Gasteiger partial charge in [-0.1, -0.05) is 37.6 Å². The topological polar surface area (TPSA) is 69.1 Å². The number of hydrogen-bond acceptors (Lipinski definition) is 4. The van der Waals surface area contributed by atoms with Crippen LogP contribution in [0.15, 0.2) is 24.3 Å². The van der Waals surface area contributed by atoms with Crippen molar-refractivity contribution in [3.8, 4) is 11.1 Å². The first kappa shape index (κ1) is 16.5. The Bertz CT molecular complexity index is 900. The Labute approximate surface area is 140 Å². The van der Waals surface area contributed by atoms with E-state index in [9.17, 15) is 13.2 Å². The van der Waals surface area contributed by atoms with E-state index < -0.39 is 12.0 Å². The van der Waals surface area contributed by atoms with Crippen molar-refractivity contribution in [1.82, 2.24) is 19.6 Å². The fourth-order valence-electron chi connectivity index (χ4n) is 2.39. The molecule has 0 atom stereocenters. The first-order valence-electron chi connectivity index (χ1n) is 7.07. The van der Waals surface area contributed by atoms with Crippen LogP contribution in [0.25, 0.3) is 16.9 Å². The Morgan fingerprint density at radius 2 is 1.75 bits per heavy atom. The molecule has 3 rings (SSSR count). The largest absolute Gasteiger partial charge is 0.453 e. The number of nitrogen functional groups attached to an aromatic ring is 1. The second-order valence-corrected chi connectivity index (χ2v) is 6.00. The maximum atomic E-state index is 12.9. The monoisotopic (exact) mass is 355 g/mol. The number of aromatic nitrogens is 4. The fourth-order valence-corrected chi connectivity index (χ4v) is 2.51. The van der Waals surface area contributed by atoms with Crippen molar-refractivity contribution in [1.29, 1.82) is 0 Å². The summed E-state index contributed by atoms with van der Waals surface area (Å²) in [5.74, 6) is -1.48. The molecule has 3 aromatic rings. The molecule has 0 fully saturated rings. The third-order valence-electron chi connectivity index (χ3n) is 3.48. The summed E-state index contributed by atoms with van der Waals surface area (Å²) in [7, 11) is 0. The average molecular weight is 356 g/mol. The van der Waals surface area contributed by atoms with Crippen LogP contribution < -0.4 is 5.73 Å². The Morgan fingerprint density at radius 1 is 1.12 bits per heavy atom. The highest BCUT2D eigenvalue weighted by Gasteiger charge is 2.37. The summed E-state index contributed by atoms with van der Waals surface area (Å²) >= 11 is 5.89. The van der Waals surface area contributed by atoms with Crippen molar-refractivity contribution in [3.63, 3.8) is 0 Å². The molecule has 0 spiro atoms. The molecule has 0 radical (unpaired) electrons. The first-order valence-corrected chi connectivity index (χ1v) is 7.45. The molecule has 0 saturated heterocycles. The maximum absolute atomic E-state index is 12.9. The molecule has 0 aliphatic heterocycles. The van der Waals surface area contributed by atoms with Gasteiger partial charge in [0.25, 0.3) is 11.6 Å². The minimum absolute atomic E-state index is 0.0500. The minimum Gasteiger partial charge on any atom is -0.383 e. The van der Waals surface area contributed by atoms with Crippen molar-refractivity contribution in [2.24, 2.45) is 0 Å². The molecule has 0 unspecified atom stereocenters. The second kappa shape index (κ2) is 5.62. The molecule has 24 heavy (non-hydrogen) atoms. The standard InChI is InChI=1S/C15H13ClF3N5/c1-7(2)11-10(8-3-5-9(16)6-4-8)12(20)24-14(21-11)22-13(23-24)15(17,18)19/h3-7H,20H2,1-2H3. The molecule has 126 valence electrons. The summed E-state index contributed by atoms with van der Waals surface area (Å²) in [6, 6.07) is 6.81. The molecule has 9 heteroatoms. The highest BCUT2D eigenvalue weighted by Crippen LogP contribution is 2.35. The van der Waals surface area contributed by atoms with Gasteiger partial charge in [-0.2, -0.15) is 22.7 Å². The van der Waals surface area contributed by atoms with Gasteiger partial charge in [-0.05, 0) is 23.6 Å². The van der Waals surface area contributed by atoms with Crippen LogP contribution in [0.3, 0.4) is 0 Å². The van der Waals surface area contributed by atoms with Crippen LogP contribution in [0.2, 0.25) is 5.02 Å². The third-order valence-corrected chi connectivity index (χ3v) is 3.74. The lowest BCUT2D eigenvalue weighted by Crippen LogP contribution is -2.10. The quantitative estimate of drug-likeness (QED) is 0.749. The summed E-state index contributed by atoms with van der Waals surface area (Å²) in [4.78, 5) is 7.70. The van der Waals surface area contributed by atoms with Crippen molar-refractivity contribution in [2.45, 2.75) is 25.9 Å². The summed E-state index contributed by atoms with van der Waals surface area (Å²) in [6.45, 7) is 3.75. The van der Waals surface area contributed by atoms with Crippen molar-refractivity contribution in [3.05, 3.63) is 40.8 Å². The number of fused-ring (bicyclic) bond motifs is 1. The van der Waals surface area contributed by atoms with E-state index >= 15 is 0 Å². The van der Waals surface area contributed by atoms with Gasteiger partial charge in [-0.3, -0.25) is 0 Å². The number of anilines is 1. The SMILES string of the molecule is CC(C)c1nc2nc(C(F)(F)F)nn2c(N)c1-c1ccc(Cl)cc1. The Hall–Kier alpha value is -2.35. The van der Waals surface area contributed by atoms with E-state index in [1.807, 2.05) is 13.8 Å². The van der Waals surface area contributed by atoms with Gasteiger partial charge in [0.2, 0.25) is 0 Å². The number of nitrogens with two attached hydrogens (primary N) is 1. The molecule has 2 heterocycles. The van der Waals surface area contributed by atoms with Crippen molar-refractivity contribution >= 4 is 23.2 Å². The van der Waals surface area contributed by atoms with Crippen LogP contribution in [0, 0.1) is 0 Å². The molecule has 2 N–H and O–H groups in total. The van der Waals surface area contributed by atoms with Crippen molar-refractivity contribution < 1.29 is 13.2 Å². The van der Waals surface area contributed by atoms with Crippen LogP contribution in [0.1, 0.15) is 31.3 Å². The highest BCUT2D eigenvalue weighted by atomic mass is 35.5. The fraction of sp³-hybridized carbons (Fsp3) is 0.267. The Kier molecular flexibility index (Phi) is 3.87. The number of halogens is 4. The minimum atomic E-state index is -4.67. The van der Waals surface area contributed by atoms with Crippen LogP contribution in [-0.2, 0) is 6.18 Å². The predicted octanol–water partition coefficient (Wildman–Crippen LogP) is 4.17. The van der Waals surface area contributed by atoms with Gasteiger partial charge in [-0.15, -0.1) is 5.10 Å². The van der Waals surface area contributed by atoms with Gasteiger partial charge in [0.15, 0.2) is 0 Å². The molecule has 0 amide bonds. The number of nitrogens with zero attached hydrogens (tertiary/aromatic N) is 4. The van der Waals surface area contributed by atoms with E-state index in [0.29, 0.717) is 21.8 Å². The van der Waals surface area contributed by atoms with E-state index in [2.05, 4.69) is 15.1 Å². The lowest BCUT2D eigenvalue weighted by Gasteiger charge is -2.15. The molecule has 1 aromatic carbocycles. The zero-order valence-electron chi connectivity index (χ0n) is 12.8. The average Bonchev–Trinajstić information content (AvgIpc) is 2.93. The first-order chi connectivity index (χ1) is 11.2. The molecule has 0 aliphatic rings. The predicted molar refractivity (Wildman–Crippen MR) is 84.7 cm³/mol. The van der Waals surface area contributed by atoms with Crippen molar-refractivity contribution in [2.75, 3.05) is 5.73 Å². The van der Waals surface area contributed by atoms with E-state index in [0.717, 1.165) is 4.52 Å². The second-order valence-electron chi connectivity index (χ2n) is 5.56. The van der Waals surface area contributed by atoms with Crippen LogP contribution in [0.4, 0.5) is 19.0 Å². The lowest BCUT2D eigenvalue weighted by atomic mass is 9.98. The van der Waals surface area contributed by atoms with Gasteiger partial charge < -0.3 is 5.73 Å². The molecule has 0 saturated carbocycles. The number of benzene rings is 1. The van der Waals surface area contributed by atoms with E-state index in [4.69, 9.17) is 17.3 Å². The van der Waals surface area contributed by atoms with Gasteiger partial charge in [0.05, 0.1) is 5.69 Å². The maximum Gasteiger partial charge on any atom is 0.453 e. The summed E-state index contributed by atoms with van der Waals surface area (Å²) in [6.07, 6.45) is -4.67. The zero-order valence-corrected chi connectivity index (χ0v) is 13.5. The normalized spacial score (nSPS) is 12.3. The van der Waals surface area contributed by atoms with Gasteiger partial charge in [0, 0.05) is 10.6 Å². The van der Waals surface area contributed by atoms with Crippen LogP contribution >= 0.6 is 11.6 Å². The van der Waals surface area contributed by atoms with Gasteiger partial charge in [0.1, 0.15) is 5.82 Å². The Morgan fingerprint density at radius 3 is 2.29 bits per heavy atom. The number of hydrogen-bond donors (Lipinski definition) is 1. The molecule has 0 aliphatic carbocycles. The Balaban J connectivity index is 2.32. The molecule has 2 aromatic heterocycles. The van der Waals surface area contributed by atoms with E-state index in [-0.39, 0.29) is 17.5 Å². The number of alkyl halides is 3. The third kappa shape index (κ3) is 2.77. The van der Waals surface area contributed by atoms with E-state index in [1.165, 1.54) is 0 Å². The highest BCUT2D eigenvalue weighted by molar-refractivity contribution is 6.30. The molecular weight excluding hydrogens is 343 g/mol. The lowest BCUT2D eigenvalue weighted by molar-refractivity contribution is -0.144.